The molecular weight excluding hydrogens is 482 g/mol. The lowest BCUT2D eigenvalue weighted by Crippen LogP contribution is -2.38. The lowest BCUT2D eigenvalue weighted by molar-refractivity contribution is 0.0696. The van der Waals surface area contributed by atoms with Crippen molar-refractivity contribution in [2.24, 2.45) is 0 Å². The third-order valence-electron chi connectivity index (χ3n) is 7.87. The van der Waals surface area contributed by atoms with Crippen molar-refractivity contribution in [2.45, 2.75) is 56.9 Å². The predicted molar refractivity (Wildman–Crippen MR) is 145 cm³/mol. The van der Waals surface area contributed by atoms with E-state index in [4.69, 9.17) is 19.4 Å². The molecule has 1 amide bonds. The number of benzene rings is 1. The first kappa shape index (κ1) is 26.1. The maximum absolute atomic E-state index is 12.8. The maximum atomic E-state index is 12.8. The lowest BCUT2D eigenvalue weighted by Gasteiger charge is -2.28. The third-order valence-corrected chi connectivity index (χ3v) is 7.87. The molecule has 1 unspecified atom stereocenters. The number of nitrogens with zero attached hydrogens (tertiary/aromatic N) is 3. The Morgan fingerprint density at radius 2 is 2.05 bits per heavy atom. The first-order valence-electron chi connectivity index (χ1n) is 13.3. The van der Waals surface area contributed by atoms with E-state index in [1.54, 1.807) is 31.5 Å². The highest BCUT2D eigenvalue weighted by atomic mass is 16.5. The van der Waals surface area contributed by atoms with Crippen LogP contribution in [0.3, 0.4) is 0 Å². The second kappa shape index (κ2) is 11.4. The summed E-state index contributed by atoms with van der Waals surface area (Å²) in [4.78, 5) is 26.6. The molecule has 3 heterocycles. The Bertz CT molecular complexity index is 1290. The van der Waals surface area contributed by atoms with Crippen LogP contribution >= 0.6 is 0 Å². The van der Waals surface area contributed by atoms with Gasteiger partial charge in [0, 0.05) is 55.1 Å². The van der Waals surface area contributed by atoms with E-state index in [9.17, 15) is 9.90 Å². The van der Waals surface area contributed by atoms with E-state index in [2.05, 4.69) is 28.6 Å². The molecule has 1 aromatic carbocycles. The Kier molecular flexibility index (Phi) is 7.85. The first-order chi connectivity index (χ1) is 18.5. The van der Waals surface area contributed by atoms with E-state index in [-0.39, 0.29) is 24.0 Å². The zero-order chi connectivity index (χ0) is 26.5. The number of carbonyl (C=O) groups is 1. The zero-order valence-corrected chi connectivity index (χ0v) is 22.0. The van der Waals surface area contributed by atoms with E-state index in [1.165, 1.54) is 5.56 Å². The summed E-state index contributed by atoms with van der Waals surface area (Å²) in [6.07, 6.45) is 8.85. The molecule has 1 fully saturated rings. The van der Waals surface area contributed by atoms with Gasteiger partial charge in [-0.2, -0.15) is 0 Å². The minimum absolute atomic E-state index is 0.0344. The summed E-state index contributed by atoms with van der Waals surface area (Å²) in [6, 6.07) is 9.44. The average molecular weight is 518 g/mol. The molecular formula is C29H35N5O4. The second-order valence-corrected chi connectivity index (χ2v) is 9.99. The van der Waals surface area contributed by atoms with Gasteiger partial charge in [-0.05, 0) is 79.8 Å². The monoisotopic (exact) mass is 517 g/mol. The van der Waals surface area contributed by atoms with Gasteiger partial charge in [0.25, 0.3) is 5.91 Å². The van der Waals surface area contributed by atoms with Crippen molar-refractivity contribution in [3.05, 3.63) is 59.5 Å². The SMILES string of the molecule is CCC1(CCO)CCc2ncc(-c3ccnc(Nc4ccc(C(=O)NC5CCOCC5)cc4OC)n3)cc21. The van der Waals surface area contributed by atoms with Gasteiger partial charge in [-0.15, -0.1) is 0 Å². The number of hydrogen-bond acceptors (Lipinski definition) is 8. The highest BCUT2D eigenvalue weighted by Gasteiger charge is 2.37. The van der Waals surface area contributed by atoms with E-state index < -0.39 is 0 Å². The normalized spacial score (nSPS) is 19.1. The number of anilines is 2. The van der Waals surface area contributed by atoms with Crippen molar-refractivity contribution in [1.29, 1.82) is 0 Å². The van der Waals surface area contributed by atoms with Gasteiger partial charge in [0.05, 0.1) is 18.5 Å². The standard InChI is InChI=1S/C29H35N5O4/c1-3-29(11-13-35)10-6-24-22(29)16-20(18-31-24)23-7-12-30-28(33-23)34-25-5-4-19(17-26(25)37-2)27(36)32-21-8-14-38-15-9-21/h4-5,7,12,16-18,21,35H,3,6,8-11,13-15H2,1-2H3,(H,32,36)(H,30,33,34). The van der Waals surface area contributed by atoms with Crippen LogP contribution in [0.2, 0.25) is 0 Å². The molecule has 200 valence electrons. The fourth-order valence-electron chi connectivity index (χ4n) is 5.55. The van der Waals surface area contributed by atoms with Crippen molar-refractivity contribution < 1.29 is 19.4 Å². The van der Waals surface area contributed by atoms with Crippen molar-refractivity contribution >= 4 is 17.5 Å². The van der Waals surface area contributed by atoms with Gasteiger partial charge < -0.3 is 25.2 Å². The third kappa shape index (κ3) is 5.35. The first-order valence-corrected chi connectivity index (χ1v) is 13.3. The van der Waals surface area contributed by atoms with E-state index >= 15 is 0 Å². The summed E-state index contributed by atoms with van der Waals surface area (Å²) in [6.45, 7) is 3.67. The van der Waals surface area contributed by atoms with Gasteiger partial charge in [-0.25, -0.2) is 9.97 Å². The molecule has 1 atom stereocenters. The molecule has 0 radical (unpaired) electrons. The van der Waals surface area contributed by atoms with Crippen LogP contribution in [0.4, 0.5) is 11.6 Å². The largest absolute Gasteiger partial charge is 0.495 e. The molecule has 3 aromatic rings. The molecule has 1 aliphatic heterocycles. The van der Waals surface area contributed by atoms with Gasteiger partial charge in [0.15, 0.2) is 0 Å². The van der Waals surface area contributed by atoms with Crippen molar-refractivity contribution in [1.82, 2.24) is 20.3 Å². The Morgan fingerprint density at radius 3 is 2.82 bits per heavy atom. The molecule has 2 aliphatic rings. The number of fused-ring (bicyclic) bond motifs is 1. The molecule has 38 heavy (non-hydrogen) atoms. The molecule has 0 spiro atoms. The lowest BCUT2D eigenvalue weighted by atomic mass is 9.77. The number of methoxy groups -OCH3 is 1. The quantitative estimate of drug-likeness (QED) is 0.387. The van der Waals surface area contributed by atoms with Crippen LogP contribution in [0.5, 0.6) is 5.75 Å². The number of aliphatic hydroxyl groups is 1. The van der Waals surface area contributed by atoms with Crippen molar-refractivity contribution in [3.8, 4) is 17.0 Å². The Morgan fingerprint density at radius 1 is 1.21 bits per heavy atom. The van der Waals surface area contributed by atoms with Gasteiger partial charge in [0.2, 0.25) is 5.95 Å². The van der Waals surface area contributed by atoms with Crippen LogP contribution in [0.1, 0.15) is 60.6 Å². The predicted octanol–water partition coefficient (Wildman–Crippen LogP) is 4.18. The van der Waals surface area contributed by atoms with Crippen molar-refractivity contribution in [3.63, 3.8) is 0 Å². The Hall–Kier alpha value is -3.56. The summed E-state index contributed by atoms with van der Waals surface area (Å²) in [7, 11) is 1.57. The highest BCUT2D eigenvalue weighted by Crippen LogP contribution is 2.44. The van der Waals surface area contributed by atoms with E-state index in [0.29, 0.717) is 36.2 Å². The molecule has 9 nitrogen and oxygen atoms in total. The number of aromatic nitrogens is 3. The average Bonchev–Trinajstić information content (AvgIpc) is 3.32. The van der Waals surface area contributed by atoms with Crippen LogP contribution in [0, 0.1) is 0 Å². The molecule has 1 aliphatic carbocycles. The van der Waals surface area contributed by atoms with Crippen molar-refractivity contribution in [2.75, 3.05) is 32.2 Å². The van der Waals surface area contributed by atoms with Gasteiger partial charge >= 0.3 is 0 Å². The summed E-state index contributed by atoms with van der Waals surface area (Å²) in [5.41, 5.74) is 5.16. The van der Waals surface area contributed by atoms with Crippen LogP contribution in [0.15, 0.2) is 42.7 Å². The minimum Gasteiger partial charge on any atom is -0.495 e. The summed E-state index contributed by atoms with van der Waals surface area (Å²) in [5, 5.41) is 16.0. The summed E-state index contributed by atoms with van der Waals surface area (Å²) in [5.74, 6) is 0.806. The maximum Gasteiger partial charge on any atom is 0.251 e. The molecule has 3 N–H and O–H groups in total. The number of carbonyl (C=O) groups excluding carboxylic acids is 1. The Balaban J connectivity index is 1.35. The van der Waals surface area contributed by atoms with Crippen LogP contribution in [-0.4, -0.2) is 58.9 Å². The topological polar surface area (TPSA) is 118 Å². The second-order valence-electron chi connectivity index (χ2n) is 9.99. The molecule has 2 aromatic heterocycles. The van der Waals surface area contributed by atoms with E-state index in [0.717, 1.165) is 55.5 Å². The van der Waals surface area contributed by atoms with E-state index in [1.807, 2.05) is 12.3 Å². The number of aryl methyl sites for hydroxylation is 1. The number of hydrogen-bond donors (Lipinski definition) is 3. The minimum atomic E-state index is -0.131. The molecule has 0 saturated carbocycles. The number of pyridine rings is 1. The molecule has 1 saturated heterocycles. The highest BCUT2D eigenvalue weighted by molar-refractivity contribution is 5.95. The number of amides is 1. The fraction of sp³-hybridized carbons (Fsp3) is 0.448. The molecule has 0 bridgehead atoms. The number of aliphatic hydroxyl groups excluding tert-OH is 1. The Labute approximate surface area is 223 Å². The number of ether oxygens (including phenoxy) is 2. The zero-order valence-electron chi connectivity index (χ0n) is 22.0. The smallest absolute Gasteiger partial charge is 0.251 e. The van der Waals surface area contributed by atoms with Gasteiger partial charge in [-0.1, -0.05) is 6.92 Å². The number of rotatable bonds is 9. The van der Waals surface area contributed by atoms with Gasteiger partial charge in [-0.3, -0.25) is 9.78 Å². The van der Waals surface area contributed by atoms with Crippen LogP contribution in [-0.2, 0) is 16.6 Å². The van der Waals surface area contributed by atoms with Crippen LogP contribution < -0.4 is 15.4 Å². The molecule has 9 heteroatoms. The number of nitrogens with one attached hydrogen (secondary N) is 2. The van der Waals surface area contributed by atoms with Gasteiger partial charge in [0.1, 0.15) is 5.75 Å². The van der Waals surface area contributed by atoms with Crippen LogP contribution in [0.25, 0.3) is 11.3 Å². The molecule has 5 rings (SSSR count). The summed E-state index contributed by atoms with van der Waals surface area (Å²) < 4.78 is 10.9. The fourth-order valence-corrected chi connectivity index (χ4v) is 5.55. The summed E-state index contributed by atoms with van der Waals surface area (Å²) >= 11 is 0.